The Kier molecular flexibility index (Phi) is 4.26. The van der Waals surface area contributed by atoms with Gasteiger partial charge in [0.25, 0.3) is 0 Å². The Morgan fingerprint density at radius 3 is 2.53 bits per heavy atom. The Labute approximate surface area is 106 Å². The minimum absolute atomic E-state index is 0.168. The van der Waals surface area contributed by atoms with E-state index in [1.807, 2.05) is 25.7 Å². The van der Waals surface area contributed by atoms with Crippen LogP contribution in [0.4, 0.5) is 4.79 Å². The predicted molar refractivity (Wildman–Crippen MR) is 69.4 cm³/mol. The van der Waals surface area contributed by atoms with Crippen molar-refractivity contribution in [2.45, 2.75) is 56.1 Å². The molecule has 15 heavy (non-hydrogen) atoms. The van der Waals surface area contributed by atoms with Gasteiger partial charge in [-0.2, -0.15) is 0 Å². The monoisotopic (exact) mass is 325 g/mol. The fraction of sp³-hybridized carbons (Fsp3) is 0.909. The summed E-state index contributed by atoms with van der Waals surface area (Å²) in [6, 6.07) is 0.301. The van der Waals surface area contributed by atoms with Crippen molar-refractivity contribution in [3.8, 4) is 0 Å². The number of hydrogen-bond acceptors (Lipinski definition) is 2. The highest BCUT2D eigenvalue weighted by atomic mass is 127. The zero-order valence-corrected chi connectivity index (χ0v) is 12.1. The molecule has 3 nitrogen and oxygen atoms in total. The van der Waals surface area contributed by atoms with Gasteiger partial charge >= 0.3 is 6.09 Å². The van der Waals surface area contributed by atoms with E-state index < -0.39 is 5.60 Å². The van der Waals surface area contributed by atoms with Crippen molar-refractivity contribution in [1.29, 1.82) is 0 Å². The zero-order valence-electron chi connectivity index (χ0n) is 9.92. The number of carbonyl (C=O) groups excluding carboxylic acids is 1. The molecule has 2 unspecified atom stereocenters. The highest BCUT2D eigenvalue weighted by molar-refractivity contribution is 14.1. The number of amides is 1. The van der Waals surface area contributed by atoms with Crippen LogP contribution in [0.3, 0.4) is 0 Å². The van der Waals surface area contributed by atoms with Crippen LogP contribution in [0.5, 0.6) is 0 Å². The number of carbonyl (C=O) groups is 1. The minimum Gasteiger partial charge on any atom is -0.444 e. The summed E-state index contributed by atoms with van der Waals surface area (Å²) in [5.41, 5.74) is -0.391. The summed E-state index contributed by atoms with van der Waals surface area (Å²) < 4.78 is 6.06. The molecule has 88 valence electrons. The summed E-state index contributed by atoms with van der Waals surface area (Å²) in [5, 5.41) is 0. The van der Waals surface area contributed by atoms with E-state index in [4.69, 9.17) is 4.74 Å². The molecule has 0 aliphatic carbocycles. The van der Waals surface area contributed by atoms with Crippen molar-refractivity contribution < 1.29 is 9.53 Å². The topological polar surface area (TPSA) is 29.5 Å². The van der Waals surface area contributed by atoms with Gasteiger partial charge in [0.1, 0.15) is 5.60 Å². The van der Waals surface area contributed by atoms with Crippen LogP contribution in [-0.4, -0.2) is 33.1 Å². The molecule has 0 bridgehead atoms. The quantitative estimate of drug-likeness (QED) is 0.506. The maximum atomic E-state index is 11.8. The van der Waals surface area contributed by atoms with E-state index in [-0.39, 0.29) is 6.09 Å². The average Bonchev–Trinajstić information content (AvgIpc) is 1.99. The molecular formula is C11H20INO2. The van der Waals surface area contributed by atoms with Gasteiger partial charge in [0.05, 0.1) is 0 Å². The van der Waals surface area contributed by atoms with Crippen molar-refractivity contribution in [3.63, 3.8) is 0 Å². The highest BCUT2D eigenvalue weighted by Gasteiger charge is 2.30. The smallest absolute Gasteiger partial charge is 0.410 e. The molecule has 0 N–H and O–H groups in total. The molecule has 0 saturated carbocycles. The Hall–Kier alpha value is 0. The van der Waals surface area contributed by atoms with Crippen LogP contribution in [0.25, 0.3) is 0 Å². The maximum Gasteiger partial charge on any atom is 0.410 e. The predicted octanol–water partition coefficient (Wildman–Crippen LogP) is 3.21. The first-order valence-electron chi connectivity index (χ1n) is 5.43. The van der Waals surface area contributed by atoms with Crippen LogP contribution in [0, 0.1) is 0 Å². The molecular weight excluding hydrogens is 305 g/mol. The number of piperidine rings is 1. The van der Waals surface area contributed by atoms with Crippen LogP contribution < -0.4 is 0 Å². The standard InChI is InChI=1S/C11H20INO2/c1-8-7-9(12)5-6-13(8)10(14)15-11(2,3)4/h8-9H,5-7H2,1-4H3. The van der Waals surface area contributed by atoms with Gasteiger partial charge in [0.15, 0.2) is 0 Å². The van der Waals surface area contributed by atoms with E-state index in [1.54, 1.807) is 0 Å². The second kappa shape index (κ2) is 4.89. The van der Waals surface area contributed by atoms with Crippen molar-refractivity contribution >= 4 is 28.7 Å². The fourth-order valence-corrected chi connectivity index (χ4v) is 2.72. The molecule has 2 atom stereocenters. The number of alkyl halides is 1. The lowest BCUT2D eigenvalue weighted by Gasteiger charge is -2.36. The van der Waals surface area contributed by atoms with Crippen molar-refractivity contribution in [2.24, 2.45) is 0 Å². The van der Waals surface area contributed by atoms with Gasteiger partial charge in [-0.3, -0.25) is 0 Å². The van der Waals surface area contributed by atoms with E-state index in [0.29, 0.717) is 9.97 Å². The molecule has 1 heterocycles. The average molecular weight is 325 g/mol. The Balaban J connectivity index is 2.53. The lowest BCUT2D eigenvalue weighted by Crippen LogP contribution is -2.47. The second-order valence-electron chi connectivity index (χ2n) is 5.14. The number of halogens is 1. The fourth-order valence-electron chi connectivity index (χ4n) is 1.71. The molecule has 4 heteroatoms. The molecule has 0 radical (unpaired) electrons. The van der Waals surface area contributed by atoms with Crippen LogP contribution >= 0.6 is 22.6 Å². The van der Waals surface area contributed by atoms with Gasteiger partial charge < -0.3 is 9.64 Å². The first kappa shape index (κ1) is 13.1. The molecule has 0 aromatic heterocycles. The number of ether oxygens (including phenoxy) is 1. The minimum atomic E-state index is -0.391. The zero-order chi connectivity index (χ0) is 11.6. The van der Waals surface area contributed by atoms with Crippen LogP contribution in [-0.2, 0) is 4.74 Å². The van der Waals surface area contributed by atoms with Gasteiger partial charge in [-0.25, -0.2) is 4.79 Å². The first-order valence-corrected chi connectivity index (χ1v) is 6.68. The van der Waals surface area contributed by atoms with Crippen molar-refractivity contribution in [1.82, 2.24) is 4.90 Å². The van der Waals surface area contributed by atoms with Gasteiger partial charge in [0.2, 0.25) is 0 Å². The second-order valence-corrected chi connectivity index (χ2v) is 6.91. The molecule has 1 saturated heterocycles. The Morgan fingerprint density at radius 1 is 1.47 bits per heavy atom. The van der Waals surface area contributed by atoms with Gasteiger partial charge in [-0.1, -0.05) is 22.6 Å². The van der Waals surface area contributed by atoms with Crippen molar-refractivity contribution in [3.05, 3.63) is 0 Å². The number of rotatable bonds is 0. The largest absolute Gasteiger partial charge is 0.444 e. The SMILES string of the molecule is CC1CC(I)CCN1C(=O)OC(C)(C)C. The van der Waals surface area contributed by atoms with Gasteiger partial charge in [-0.05, 0) is 40.5 Å². The highest BCUT2D eigenvalue weighted by Crippen LogP contribution is 2.24. The molecule has 0 aromatic carbocycles. The third-order valence-corrected chi connectivity index (χ3v) is 3.57. The molecule has 1 aliphatic rings. The number of likely N-dealkylation sites (tertiary alicyclic amines) is 1. The lowest BCUT2D eigenvalue weighted by molar-refractivity contribution is 0.0129. The summed E-state index contributed by atoms with van der Waals surface area (Å²) in [7, 11) is 0. The first-order chi connectivity index (χ1) is 6.79. The third-order valence-electron chi connectivity index (χ3n) is 2.44. The molecule has 1 rings (SSSR count). The summed E-state index contributed by atoms with van der Waals surface area (Å²) in [5.74, 6) is 0. The van der Waals surface area contributed by atoms with Crippen LogP contribution in [0.1, 0.15) is 40.5 Å². The third kappa shape index (κ3) is 4.17. The van der Waals surface area contributed by atoms with E-state index >= 15 is 0 Å². The summed E-state index contributed by atoms with van der Waals surface area (Å²) in [6.45, 7) is 8.63. The van der Waals surface area contributed by atoms with Gasteiger partial charge in [0, 0.05) is 16.5 Å². The summed E-state index contributed by atoms with van der Waals surface area (Å²) in [4.78, 5) is 13.7. The lowest BCUT2D eigenvalue weighted by atomic mass is 10.0. The Morgan fingerprint density at radius 2 is 2.07 bits per heavy atom. The van der Waals surface area contributed by atoms with E-state index in [1.165, 1.54) is 0 Å². The molecule has 0 aromatic rings. The maximum absolute atomic E-state index is 11.8. The number of nitrogens with zero attached hydrogens (tertiary/aromatic N) is 1. The number of hydrogen-bond donors (Lipinski definition) is 0. The molecule has 1 amide bonds. The van der Waals surface area contributed by atoms with Crippen molar-refractivity contribution in [2.75, 3.05) is 6.54 Å². The van der Waals surface area contributed by atoms with Crippen LogP contribution in [0.15, 0.2) is 0 Å². The normalized spacial score (nSPS) is 27.7. The summed E-state index contributed by atoms with van der Waals surface area (Å²) in [6.07, 6.45) is 1.97. The molecule has 1 fully saturated rings. The van der Waals surface area contributed by atoms with Gasteiger partial charge in [-0.15, -0.1) is 0 Å². The Bertz CT molecular complexity index is 237. The van der Waals surface area contributed by atoms with E-state index in [9.17, 15) is 4.79 Å². The van der Waals surface area contributed by atoms with Crippen LogP contribution in [0.2, 0.25) is 0 Å². The van der Waals surface area contributed by atoms with E-state index in [2.05, 4.69) is 29.5 Å². The molecule has 1 aliphatic heterocycles. The summed E-state index contributed by atoms with van der Waals surface area (Å²) >= 11 is 2.45. The van der Waals surface area contributed by atoms with E-state index in [0.717, 1.165) is 19.4 Å². The molecule has 0 spiro atoms.